The van der Waals surface area contributed by atoms with Gasteiger partial charge in [0.05, 0.1) is 12.0 Å². The van der Waals surface area contributed by atoms with Crippen LogP contribution in [0.1, 0.15) is 18.4 Å². The average Bonchev–Trinajstić information content (AvgIpc) is 2.58. The van der Waals surface area contributed by atoms with Gasteiger partial charge in [0.25, 0.3) is 0 Å². The molecule has 1 amide bonds. The van der Waals surface area contributed by atoms with Crippen LogP contribution in [0.4, 0.5) is 5.69 Å². The van der Waals surface area contributed by atoms with Crippen molar-refractivity contribution in [2.75, 3.05) is 26.5 Å². The number of sulfone groups is 1. The fourth-order valence-corrected chi connectivity index (χ4v) is 4.28. The summed E-state index contributed by atoms with van der Waals surface area (Å²) in [6, 6.07) is 4.33. The molecule has 1 saturated heterocycles. The maximum absolute atomic E-state index is 12.6. The molecule has 2 N–H and O–H groups in total. The molecule has 2 rings (SSSR count). The van der Waals surface area contributed by atoms with Crippen molar-refractivity contribution in [3.05, 3.63) is 33.9 Å². The van der Waals surface area contributed by atoms with Crippen LogP contribution in [0.25, 0.3) is 0 Å². The Morgan fingerprint density at radius 2 is 2.00 bits per heavy atom. The molecule has 0 unspecified atom stereocenters. The second kappa shape index (κ2) is 8.65. The van der Waals surface area contributed by atoms with Gasteiger partial charge in [-0.2, -0.15) is 0 Å². The van der Waals surface area contributed by atoms with Crippen LogP contribution in [0.3, 0.4) is 0 Å². The summed E-state index contributed by atoms with van der Waals surface area (Å²) >= 11 is 0. The van der Waals surface area contributed by atoms with Gasteiger partial charge in [-0.1, -0.05) is 6.07 Å². The molecule has 1 heterocycles. The van der Waals surface area contributed by atoms with Crippen LogP contribution in [-0.2, 0) is 21.2 Å². The Bertz CT molecular complexity index is 778. The molecule has 11 heteroatoms. The van der Waals surface area contributed by atoms with Crippen LogP contribution in [0.15, 0.2) is 18.2 Å². The third kappa shape index (κ3) is 4.43. The number of methoxy groups -OCH3 is 1. The molecular formula is C15H22ClN3O6S. The number of nitro groups is 1. The van der Waals surface area contributed by atoms with E-state index < -0.39 is 25.4 Å². The topological polar surface area (TPSA) is 128 Å². The van der Waals surface area contributed by atoms with Gasteiger partial charge in [-0.3, -0.25) is 14.9 Å². The number of carbonyl (C=O) groups excluding carboxylic acids is 1. The fraction of sp³-hybridized carbons (Fsp3) is 0.533. The molecule has 0 aliphatic carbocycles. The molecule has 1 aliphatic rings. The average molecular weight is 408 g/mol. The Balaban J connectivity index is 0.00000338. The van der Waals surface area contributed by atoms with E-state index in [9.17, 15) is 23.3 Å². The van der Waals surface area contributed by atoms with Crippen molar-refractivity contribution in [2.45, 2.75) is 24.1 Å². The van der Waals surface area contributed by atoms with E-state index in [0.29, 0.717) is 18.7 Å². The number of amides is 1. The van der Waals surface area contributed by atoms with E-state index in [2.05, 4.69) is 10.6 Å². The maximum atomic E-state index is 12.6. The van der Waals surface area contributed by atoms with Crippen molar-refractivity contribution >= 4 is 33.8 Å². The zero-order valence-corrected chi connectivity index (χ0v) is 16.1. The third-order valence-corrected chi connectivity index (χ3v) is 6.44. The quantitative estimate of drug-likeness (QED) is 0.527. The number of ether oxygens (including phenoxy) is 1. The molecule has 26 heavy (non-hydrogen) atoms. The molecule has 0 bridgehead atoms. The van der Waals surface area contributed by atoms with Crippen molar-refractivity contribution < 1.29 is 22.9 Å². The molecule has 0 aromatic heterocycles. The molecule has 0 saturated carbocycles. The first kappa shape index (κ1) is 22.1. The number of nitro benzene ring substituents is 1. The Kier molecular flexibility index (Phi) is 7.36. The van der Waals surface area contributed by atoms with Gasteiger partial charge < -0.3 is 15.4 Å². The van der Waals surface area contributed by atoms with Crippen LogP contribution in [0.2, 0.25) is 0 Å². The van der Waals surface area contributed by atoms with Crippen LogP contribution in [-0.4, -0.2) is 50.5 Å². The van der Waals surface area contributed by atoms with Crippen LogP contribution in [0.5, 0.6) is 5.75 Å². The molecule has 0 spiro atoms. The molecule has 1 aromatic rings. The monoisotopic (exact) mass is 407 g/mol. The number of nitrogens with one attached hydrogen (secondary N) is 2. The smallest absolute Gasteiger partial charge is 0.311 e. The second-order valence-electron chi connectivity index (χ2n) is 5.96. The van der Waals surface area contributed by atoms with Gasteiger partial charge in [0.15, 0.2) is 20.3 Å². The number of nitrogens with zero attached hydrogens (tertiary/aromatic N) is 1. The van der Waals surface area contributed by atoms with E-state index in [4.69, 9.17) is 4.74 Å². The van der Waals surface area contributed by atoms with Crippen molar-refractivity contribution in [2.24, 2.45) is 0 Å². The van der Waals surface area contributed by atoms with E-state index in [0.717, 1.165) is 6.26 Å². The lowest BCUT2D eigenvalue weighted by Crippen LogP contribution is -2.57. The minimum absolute atomic E-state index is 0. The first-order chi connectivity index (χ1) is 11.7. The fourth-order valence-electron chi connectivity index (χ4n) is 2.93. The zero-order valence-electron chi connectivity index (χ0n) is 14.5. The van der Waals surface area contributed by atoms with Gasteiger partial charge in [-0.15, -0.1) is 12.4 Å². The third-order valence-electron chi connectivity index (χ3n) is 4.43. The number of hydrogen-bond acceptors (Lipinski definition) is 7. The van der Waals surface area contributed by atoms with E-state index >= 15 is 0 Å². The van der Waals surface area contributed by atoms with Crippen LogP contribution in [0, 0.1) is 10.1 Å². The number of hydrogen-bond donors (Lipinski definition) is 2. The molecule has 1 aromatic carbocycles. The molecule has 0 radical (unpaired) electrons. The normalized spacial score (nSPS) is 16.2. The number of benzene rings is 1. The summed E-state index contributed by atoms with van der Waals surface area (Å²) in [6.45, 7) is 0.872. The molecule has 9 nitrogen and oxygen atoms in total. The summed E-state index contributed by atoms with van der Waals surface area (Å²) < 4.78 is 27.9. The van der Waals surface area contributed by atoms with Crippen molar-refractivity contribution in [3.8, 4) is 5.75 Å². The van der Waals surface area contributed by atoms with Crippen LogP contribution < -0.4 is 15.4 Å². The van der Waals surface area contributed by atoms with Crippen molar-refractivity contribution in [1.82, 2.24) is 10.6 Å². The highest BCUT2D eigenvalue weighted by atomic mass is 35.5. The predicted octanol–water partition coefficient (Wildman–Crippen LogP) is 0.808. The maximum Gasteiger partial charge on any atom is 0.311 e. The lowest BCUT2D eigenvalue weighted by molar-refractivity contribution is -0.385. The Hall–Kier alpha value is -1.91. The SMILES string of the molecule is COc1ccc(CNC(=O)C2(S(C)(=O)=O)CCNCC2)cc1[N+](=O)[O-].Cl. The summed E-state index contributed by atoms with van der Waals surface area (Å²) in [6.07, 6.45) is 1.46. The van der Waals surface area contributed by atoms with Crippen molar-refractivity contribution in [3.63, 3.8) is 0 Å². The minimum Gasteiger partial charge on any atom is -0.490 e. The van der Waals surface area contributed by atoms with E-state index in [1.54, 1.807) is 6.07 Å². The molecule has 1 fully saturated rings. The van der Waals surface area contributed by atoms with Gasteiger partial charge in [-0.25, -0.2) is 8.42 Å². The first-order valence-electron chi connectivity index (χ1n) is 7.71. The Morgan fingerprint density at radius 1 is 1.38 bits per heavy atom. The lowest BCUT2D eigenvalue weighted by atomic mass is 9.95. The highest BCUT2D eigenvalue weighted by molar-refractivity contribution is 7.92. The van der Waals surface area contributed by atoms with Crippen molar-refractivity contribution in [1.29, 1.82) is 0 Å². The summed E-state index contributed by atoms with van der Waals surface area (Å²) in [5.74, 6) is -0.457. The second-order valence-corrected chi connectivity index (χ2v) is 8.29. The first-order valence-corrected chi connectivity index (χ1v) is 9.60. The highest BCUT2D eigenvalue weighted by Gasteiger charge is 2.48. The van der Waals surface area contributed by atoms with Gasteiger partial charge in [0.2, 0.25) is 5.91 Å². The van der Waals surface area contributed by atoms with E-state index in [-0.39, 0.29) is 43.2 Å². The summed E-state index contributed by atoms with van der Waals surface area (Å²) in [4.78, 5) is 23.1. The number of piperidine rings is 1. The molecule has 146 valence electrons. The molecular weight excluding hydrogens is 386 g/mol. The standard InChI is InChI=1S/C15H21N3O6S.ClH/c1-24-13-4-3-11(9-12(13)18(20)21)10-17-14(19)15(25(2,22)23)5-7-16-8-6-15;/h3-4,9,16H,5-8,10H2,1-2H3,(H,17,19);1H. The Labute approximate surface area is 158 Å². The summed E-state index contributed by atoms with van der Waals surface area (Å²) in [5, 5.41) is 16.7. The number of rotatable bonds is 6. The highest BCUT2D eigenvalue weighted by Crippen LogP contribution is 2.29. The largest absolute Gasteiger partial charge is 0.490 e. The molecule has 0 atom stereocenters. The number of carbonyl (C=O) groups is 1. The van der Waals surface area contributed by atoms with Gasteiger partial charge >= 0.3 is 5.69 Å². The van der Waals surface area contributed by atoms with E-state index in [1.165, 1.54) is 19.2 Å². The summed E-state index contributed by atoms with van der Waals surface area (Å²) in [7, 11) is -2.27. The minimum atomic E-state index is -3.60. The van der Waals surface area contributed by atoms with Gasteiger partial charge in [-0.05, 0) is 37.6 Å². The lowest BCUT2D eigenvalue weighted by Gasteiger charge is -2.34. The van der Waals surface area contributed by atoms with Gasteiger partial charge in [0.1, 0.15) is 0 Å². The zero-order chi connectivity index (χ0) is 18.7. The summed E-state index contributed by atoms with van der Waals surface area (Å²) in [5.41, 5.74) is 0.271. The van der Waals surface area contributed by atoms with Crippen LogP contribution >= 0.6 is 12.4 Å². The van der Waals surface area contributed by atoms with Gasteiger partial charge in [0, 0.05) is 18.9 Å². The Morgan fingerprint density at radius 3 is 2.50 bits per heavy atom. The number of halogens is 1. The van der Waals surface area contributed by atoms with E-state index in [1.807, 2.05) is 0 Å². The predicted molar refractivity (Wildman–Crippen MR) is 98.4 cm³/mol. The molecule has 1 aliphatic heterocycles.